The molecule has 1 aromatic rings. The van der Waals surface area contributed by atoms with Gasteiger partial charge in [-0.3, -0.25) is 4.79 Å². The summed E-state index contributed by atoms with van der Waals surface area (Å²) in [6.07, 6.45) is 2.48. The van der Waals surface area contributed by atoms with E-state index in [0.29, 0.717) is 5.41 Å². The maximum Gasteiger partial charge on any atom is 0.254 e. The summed E-state index contributed by atoms with van der Waals surface area (Å²) in [5.41, 5.74) is 1.25. The SMILES string of the molecule is CN1CC2(CC2)c2sc(Br)cc2C1=O. The van der Waals surface area contributed by atoms with Crippen LogP contribution in [0.1, 0.15) is 28.1 Å². The van der Waals surface area contributed by atoms with Crippen LogP contribution in [0.4, 0.5) is 0 Å². The van der Waals surface area contributed by atoms with Crippen molar-refractivity contribution in [2.45, 2.75) is 18.3 Å². The van der Waals surface area contributed by atoms with E-state index in [9.17, 15) is 4.79 Å². The zero-order valence-corrected chi connectivity index (χ0v) is 10.2. The number of nitrogens with zero attached hydrogens (tertiary/aromatic N) is 1. The molecule has 2 nitrogen and oxygen atoms in total. The van der Waals surface area contributed by atoms with E-state index in [4.69, 9.17) is 0 Å². The van der Waals surface area contributed by atoms with Crippen LogP contribution in [-0.4, -0.2) is 24.4 Å². The zero-order valence-electron chi connectivity index (χ0n) is 7.84. The molecule has 14 heavy (non-hydrogen) atoms. The van der Waals surface area contributed by atoms with E-state index in [-0.39, 0.29) is 5.91 Å². The molecule has 0 N–H and O–H groups in total. The van der Waals surface area contributed by atoms with Gasteiger partial charge in [0.25, 0.3) is 5.91 Å². The number of likely N-dealkylation sites (N-methyl/N-ethyl adjacent to an activating group) is 1. The molecule has 1 amide bonds. The Bertz CT molecular complexity index is 422. The molecule has 0 unspecified atom stereocenters. The molecule has 1 aromatic heterocycles. The second-order valence-electron chi connectivity index (χ2n) is 4.23. The molecule has 1 spiro atoms. The van der Waals surface area contributed by atoms with Crippen LogP contribution in [-0.2, 0) is 5.41 Å². The molecule has 1 aliphatic carbocycles. The number of hydrogen-bond donors (Lipinski definition) is 0. The Morgan fingerprint density at radius 1 is 1.57 bits per heavy atom. The molecule has 2 heterocycles. The number of carbonyl (C=O) groups excluding carboxylic acids is 1. The Balaban J connectivity index is 2.20. The van der Waals surface area contributed by atoms with E-state index < -0.39 is 0 Å². The minimum atomic E-state index is 0.180. The lowest BCUT2D eigenvalue weighted by atomic mass is 9.96. The van der Waals surface area contributed by atoms with Crippen molar-refractivity contribution < 1.29 is 4.79 Å². The summed E-state index contributed by atoms with van der Waals surface area (Å²) in [6, 6.07) is 1.97. The van der Waals surface area contributed by atoms with Crippen molar-refractivity contribution >= 4 is 33.2 Å². The van der Waals surface area contributed by atoms with Gasteiger partial charge >= 0.3 is 0 Å². The van der Waals surface area contributed by atoms with Gasteiger partial charge in [-0.1, -0.05) is 0 Å². The Morgan fingerprint density at radius 3 is 2.93 bits per heavy atom. The minimum absolute atomic E-state index is 0.180. The topological polar surface area (TPSA) is 20.3 Å². The molecule has 4 heteroatoms. The number of amides is 1. The molecule has 0 radical (unpaired) electrons. The lowest BCUT2D eigenvalue weighted by Gasteiger charge is -2.29. The van der Waals surface area contributed by atoms with Gasteiger partial charge in [-0.2, -0.15) is 0 Å². The van der Waals surface area contributed by atoms with Crippen LogP contribution in [0.2, 0.25) is 0 Å². The van der Waals surface area contributed by atoms with Crippen molar-refractivity contribution in [2.24, 2.45) is 0 Å². The average molecular weight is 272 g/mol. The van der Waals surface area contributed by atoms with Gasteiger partial charge in [-0.15, -0.1) is 11.3 Å². The molecule has 74 valence electrons. The molecular weight excluding hydrogens is 262 g/mol. The number of hydrogen-bond acceptors (Lipinski definition) is 2. The fraction of sp³-hybridized carbons (Fsp3) is 0.500. The number of halogens is 1. The maximum absolute atomic E-state index is 11.9. The van der Waals surface area contributed by atoms with Crippen LogP contribution in [0.25, 0.3) is 0 Å². The monoisotopic (exact) mass is 271 g/mol. The van der Waals surface area contributed by atoms with Crippen molar-refractivity contribution in [2.75, 3.05) is 13.6 Å². The van der Waals surface area contributed by atoms with Crippen molar-refractivity contribution in [3.05, 3.63) is 20.3 Å². The van der Waals surface area contributed by atoms with Crippen molar-refractivity contribution in [3.8, 4) is 0 Å². The second-order valence-corrected chi connectivity index (χ2v) is 6.67. The van der Waals surface area contributed by atoms with Crippen LogP contribution < -0.4 is 0 Å². The van der Waals surface area contributed by atoms with Crippen molar-refractivity contribution in [1.82, 2.24) is 4.90 Å². The lowest BCUT2D eigenvalue weighted by Crippen LogP contribution is -2.39. The molecule has 0 bridgehead atoms. The molecule has 0 aromatic carbocycles. The Kier molecular flexibility index (Phi) is 1.66. The van der Waals surface area contributed by atoms with E-state index in [1.807, 2.05) is 18.0 Å². The smallest absolute Gasteiger partial charge is 0.254 e. The summed E-state index contributed by atoms with van der Waals surface area (Å²) in [4.78, 5) is 15.0. The van der Waals surface area contributed by atoms with Gasteiger partial charge in [0.15, 0.2) is 0 Å². The highest BCUT2D eigenvalue weighted by atomic mass is 79.9. The van der Waals surface area contributed by atoms with Gasteiger partial charge in [0.05, 0.1) is 9.35 Å². The fourth-order valence-electron chi connectivity index (χ4n) is 2.25. The number of fused-ring (bicyclic) bond motifs is 2. The third-order valence-corrected chi connectivity index (χ3v) is 5.04. The Hall–Kier alpha value is -0.350. The van der Waals surface area contributed by atoms with E-state index >= 15 is 0 Å². The van der Waals surface area contributed by atoms with Gasteiger partial charge in [0, 0.05) is 23.9 Å². The molecule has 0 saturated heterocycles. The predicted octanol–water partition coefficient (Wildman–Crippen LogP) is 2.63. The average Bonchev–Trinajstić information content (AvgIpc) is 2.78. The van der Waals surface area contributed by atoms with E-state index in [1.54, 1.807) is 11.3 Å². The first-order valence-corrected chi connectivity index (χ1v) is 6.29. The van der Waals surface area contributed by atoms with Crippen LogP contribution in [0.15, 0.2) is 9.85 Å². The van der Waals surface area contributed by atoms with Crippen molar-refractivity contribution in [1.29, 1.82) is 0 Å². The highest BCUT2D eigenvalue weighted by Crippen LogP contribution is 2.55. The first kappa shape index (κ1) is 8.92. The summed E-state index contributed by atoms with van der Waals surface area (Å²) in [7, 11) is 1.90. The highest BCUT2D eigenvalue weighted by molar-refractivity contribution is 9.11. The van der Waals surface area contributed by atoms with Gasteiger partial charge < -0.3 is 4.90 Å². The van der Waals surface area contributed by atoms with Crippen LogP contribution >= 0.6 is 27.3 Å². The fourth-order valence-corrected chi connectivity index (χ4v) is 4.08. The van der Waals surface area contributed by atoms with Crippen LogP contribution in [0.5, 0.6) is 0 Å². The molecule has 1 fully saturated rings. The standard InChI is InChI=1S/C10H10BrNOS/c1-12-5-10(2-3-10)8-6(9(12)13)4-7(11)14-8/h4H,2-3,5H2,1H3. The first-order chi connectivity index (χ1) is 6.62. The second kappa shape index (κ2) is 2.61. The maximum atomic E-state index is 11.9. The molecule has 1 aliphatic heterocycles. The molecule has 3 rings (SSSR count). The summed E-state index contributed by atoms with van der Waals surface area (Å²) in [5, 5.41) is 0. The summed E-state index contributed by atoms with van der Waals surface area (Å²) in [6.45, 7) is 0.909. The van der Waals surface area contributed by atoms with Gasteiger partial charge in [0.1, 0.15) is 0 Å². The Morgan fingerprint density at radius 2 is 2.29 bits per heavy atom. The minimum Gasteiger partial charge on any atom is -0.341 e. The summed E-state index contributed by atoms with van der Waals surface area (Å²) in [5.74, 6) is 0.180. The first-order valence-electron chi connectivity index (χ1n) is 4.68. The summed E-state index contributed by atoms with van der Waals surface area (Å²) < 4.78 is 1.08. The van der Waals surface area contributed by atoms with Crippen LogP contribution in [0.3, 0.4) is 0 Å². The Labute approximate surface area is 95.0 Å². The molecular formula is C10H10BrNOS. The largest absolute Gasteiger partial charge is 0.341 e. The van der Waals surface area contributed by atoms with Crippen molar-refractivity contribution in [3.63, 3.8) is 0 Å². The molecule has 1 saturated carbocycles. The number of rotatable bonds is 0. The van der Waals surface area contributed by atoms with E-state index in [2.05, 4.69) is 15.9 Å². The molecule has 0 atom stereocenters. The normalized spacial score (nSPS) is 22.7. The summed E-state index contributed by atoms with van der Waals surface area (Å²) >= 11 is 5.20. The lowest BCUT2D eigenvalue weighted by molar-refractivity contribution is 0.0760. The highest BCUT2D eigenvalue weighted by Gasteiger charge is 2.51. The van der Waals surface area contributed by atoms with Gasteiger partial charge in [-0.05, 0) is 34.8 Å². The zero-order chi connectivity index (χ0) is 9.92. The third-order valence-electron chi connectivity index (χ3n) is 3.15. The molecule has 2 aliphatic rings. The number of thiophene rings is 1. The van der Waals surface area contributed by atoms with E-state index in [0.717, 1.165) is 15.9 Å². The van der Waals surface area contributed by atoms with Crippen LogP contribution in [0, 0.1) is 0 Å². The van der Waals surface area contributed by atoms with E-state index in [1.165, 1.54) is 17.7 Å². The number of carbonyl (C=O) groups is 1. The quantitative estimate of drug-likeness (QED) is 0.711. The third kappa shape index (κ3) is 1.04. The van der Waals surface area contributed by atoms with Gasteiger partial charge in [0.2, 0.25) is 0 Å². The van der Waals surface area contributed by atoms with Gasteiger partial charge in [-0.25, -0.2) is 0 Å². The predicted molar refractivity (Wildman–Crippen MR) is 59.9 cm³/mol.